The first kappa shape index (κ1) is 29.0. The van der Waals surface area contributed by atoms with Crippen LogP contribution >= 0.6 is 23.2 Å². The van der Waals surface area contributed by atoms with Crippen LogP contribution in [0.2, 0.25) is 10.0 Å². The van der Waals surface area contributed by atoms with Gasteiger partial charge in [0.1, 0.15) is 11.4 Å². The van der Waals surface area contributed by atoms with Crippen molar-refractivity contribution in [3.05, 3.63) is 107 Å². The van der Waals surface area contributed by atoms with Crippen molar-refractivity contribution in [2.45, 2.75) is 25.9 Å². The van der Waals surface area contributed by atoms with Crippen molar-refractivity contribution in [1.29, 1.82) is 0 Å². The maximum absolute atomic E-state index is 12.9. The highest BCUT2D eigenvalue weighted by Gasteiger charge is 2.35. The van der Waals surface area contributed by atoms with Crippen LogP contribution in [0.3, 0.4) is 0 Å². The van der Waals surface area contributed by atoms with Crippen LogP contribution in [0.4, 0.5) is 22.7 Å². The van der Waals surface area contributed by atoms with Crippen molar-refractivity contribution < 1.29 is 9.59 Å². The van der Waals surface area contributed by atoms with Crippen LogP contribution in [-0.2, 0) is 9.59 Å². The molecule has 0 saturated carbocycles. The molecule has 2 aliphatic rings. The number of carbonyl (C=O) groups excluding carboxylic acids is 2. The zero-order chi connectivity index (χ0) is 30.8. The number of anilines is 2. The zero-order valence-electron chi connectivity index (χ0n) is 23.5. The van der Waals surface area contributed by atoms with Gasteiger partial charge in [-0.05, 0) is 73.5 Å². The summed E-state index contributed by atoms with van der Waals surface area (Å²) >= 11 is 13.1. The second-order valence-corrected chi connectivity index (χ2v) is 10.8. The van der Waals surface area contributed by atoms with E-state index in [9.17, 15) is 9.59 Å². The number of nitrogens with zero attached hydrogens (tertiary/aromatic N) is 8. The van der Waals surface area contributed by atoms with Gasteiger partial charge in [0, 0.05) is 0 Å². The highest BCUT2D eigenvalue weighted by Crippen LogP contribution is 2.35. The largest absolute Gasteiger partial charge is 0.280 e. The Labute approximate surface area is 263 Å². The summed E-state index contributed by atoms with van der Waals surface area (Å²) in [5.41, 5.74) is 4.80. The quantitative estimate of drug-likeness (QED) is 0.192. The van der Waals surface area contributed by atoms with E-state index < -0.39 is 12.1 Å². The Bertz CT molecular complexity index is 1740. The van der Waals surface area contributed by atoms with E-state index in [1.807, 2.05) is 48.5 Å². The van der Waals surface area contributed by atoms with Gasteiger partial charge in [-0.15, -0.1) is 0 Å². The Morgan fingerprint density at radius 1 is 0.591 bits per heavy atom. The molecule has 6 rings (SSSR count). The fourth-order valence-electron chi connectivity index (χ4n) is 4.66. The molecular formula is C32H24Cl2N8O2. The van der Waals surface area contributed by atoms with Crippen LogP contribution in [0.1, 0.15) is 13.8 Å². The maximum atomic E-state index is 12.9. The van der Waals surface area contributed by atoms with Gasteiger partial charge in [0.15, 0.2) is 12.1 Å². The van der Waals surface area contributed by atoms with E-state index in [2.05, 4.69) is 30.7 Å². The van der Waals surface area contributed by atoms with Crippen molar-refractivity contribution >= 4 is 69.2 Å². The normalized spacial score (nSPS) is 18.5. The summed E-state index contributed by atoms with van der Waals surface area (Å²) in [6.07, 6.45) is 0. The molecule has 0 bridgehead atoms. The number of halogens is 2. The molecule has 10 nitrogen and oxygen atoms in total. The third kappa shape index (κ3) is 5.77. The van der Waals surface area contributed by atoms with Crippen molar-refractivity contribution in [3.63, 3.8) is 0 Å². The molecule has 0 unspecified atom stereocenters. The van der Waals surface area contributed by atoms with Crippen molar-refractivity contribution in [2.24, 2.45) is 30.7 Å². The Morgan fingerprint density at radius 3 is 1.34 bits per heavy atom. The summed E-state index contributed by atoms with van der Waals surface area (Å²) in [7, 11) is 0. The van der Waals surface area contributed by atoms with E-state index in [0.29, 0.717) is 44.2 Å². The zero-order valence-corrected chi connectivity index (χ0v) is 25.1. The van der Waals surface area contributed by atoms with Gasteiger partial charge in [-0.25, -0.2) is 0 Å². The minimum Gasteiger partial charge on any atom is -0.269 e. The van der Waals surface area contributed by atoms with E-state index in [-0.39, 0.29) is 11.8 Å². The molecule has 2 atom stereocenters. The van der Waals surface area contributed by atoms with Gasteiger partial charge >= 0.3 is 0 Å². The monoisotopic (exact) mass is 622 g/mol. The fraction of sp³-hybridized carbons (Fsp3) is 0.125. The molecule has 0 fully saturated rings. The number of benzene rings is 4. The van der Waals surface area contributed by atoms with Gasteiger partial charge in [0.25, 0.3) is 11.8 Å². The lowest BCUT2D eigenvalue weighted by molar-refractivity contribution is -0.118. The van der Waals surface area contributed by atoms with E-state index in [1.165, 1.54) is 10.0 Å². The number of hydrogen-bond acceptors (Lipinski definition) is 8. The summed E-state index contributed by atoms with van der Waals surface area (Å²) in [6.45, 7) is 3.48. The Kier molecular flexibility index (Phi) is 8.10. The van der Waals surface area contributed by atoms with E-state index in [0.717, 1.165) is 11.1 Å². The second-order valence-electron chi connectivity index (χ2n) is 10.0. The average Bonchev–Trinajstić information content (AvgIpc) is 3.49. The third-order valence-electron chi connectivity index (χ3n) is 6.98. The van der Waals surface area contributed by atoms with E-state index >= 15 is 0 Å². The average molecular weight is 624 g/mol. The lowest BCUT2D eigenvalue weighted by Gasteiger charge is -2.12. The predicted molar refractivity (Wildman–Crippen MR) is 173 cm³/mol. The molecule has 44 heavy (non-hydrogen) atoms. The van der Waals surface area contributed by atoms with Gasteiger partial charge in [-0.2, -0.15) is 40.7 Å². The molecule has 4 aromatic rings. The fourth-order valence-corrected chi connectivity index (χ4v) is 5.10. The van der Waals surface area contributed by atoms with Gasteiger partial charge in [0.2, 0.25) is 0 Å². The standard InChI is InChI=1S/C32H24Cl2N8O2/c1-19-29(31(43)41(39-19)23-9-5-3-6-10-23)37-35-27-15-13-21(17-25(27)33)22-14-16-28(26(34)18-22)36-38-30-20(2)40-42(32(30)44)24-11-7-4-8-12-24/h3-18,29-30H,1-2H3/t29-,30-/m0/s1. The SMILES string of the molecule is CC1=NN(c2ccccc2)C(=O)[C@H]1N=Nc1ccc(-c2ccc(N=N[C@@H]3C(=O)N(c4ccccc4)N=C3C)c(Cl)c2)cc1Cl. The lowest BCUT2D eigenvalue weighted by Crippen LogP contribution is -2.29. The number of azo groups is 2. The number of hydrazone groups is 2. The number of amides is 2. The molecule has 12 heteroatoms. The molecular weight excluding hydrogens is 599 g/mol. The second kappa shape index (κ2) is 12.3. The lowest BCUT2D eigenvalue weighted by atomic mass is 10.0. The highest BCUT2D eigenvalue weighted by atomic mass is 35.5. The molecule has 0 N–H and O–H groups in total. The third-order valence-corrected chi connectivity index (χ3v) is 7.59. The van der Waals surface area contributed by atoms with Crippen molar-refractivity contribution in [1.82, 2.24) is 0 Å². The van der Waals surface area contributed by atoms with Crippen LogP contribution in [0.5, 0.6) is 0 Å². The summed E-state index contributed by atoms with van der Waals surface area (Å²) in [5, 5.41) is 29.0. The molecule has 0 spiro atoms. The first-order valence-corrected chi connectivity index (χ1v) is 14.3. The first-order valence-electron chi connectivity index (χ1n) is 13.6. The van der Waals surface area contributed by atoms with Crippen LogP contribution < -0.4 is 10.0 Å². The molecule has 2 heterocycles. The molecule has 0 aromatic heterocycles. The molecule has 2 amide bonds. The molecule has 4 aromatic carbocycles. The molecule has 218 valence electrons. The van der Waals surface area contributed by atoms with E-state index in [4.69, 9.17) is 23.2 Å². The number of para-hydroxylation sites is 2. The van der Waals surface area contributed by atoms with Gasteiger partial charge in [-0.1, -0.05) is 71.7 Å². The first-order chi connectivity index (χ1) is 21.3. The predicted octanol–water partition coefficient (Wildman–Crippen LogP) is 8.41. The Balaban J connectivity index is 1.14. The summed E-state index contributed by atoms with van der Waals surface area (Å²) in [4.78, 5) is 25.8. The van der Waals surface area contributed by atoms with Crippen molar-refractivity contribution in [2.75, 3.05) is 10.0 Å². The Morgan fingerprint density at radius 2 is 0.977 bits per heavy atom. The minimum absolute atomic E-state index is 0.287. The smallest absolute Gasteiger partial charge is 0.269 e. The van der Waals surface area contributed by atoms with Crippen LogP contribution in [-0.4, -0.2) is 35.3 Å². The van der Waals surface area contributed by atoms with Gasteiger partial charge in [-0.3, -0.25) is 9.59 Å². The van der Waals surface area contributed by atoms with Crippen LogP contribution in [0.25, 0.3) is 11.1 Å². The topological polar surface area (TPSA) is 115 Å². The molecule has 2 aliphatic heterocycles. The van der Waals surface area contributed by atoms with Gasteiger partial charge < -0.3 is 0 Å². The van der Waals surface area contributed by atoms with Crippen LogP contribution in [0.15, 0.2) is 128 Å². The Hall–Kier alpha value is -5.06. The summed E-state index contributed by atoms with van der Waals surface area (Å²) in [6, 6.07) is 27.2. The molecule has 0 aliphatic carbocycles. The van der Waals surface area contributed by atoms with Crippen LogP contribution in [0, 0.1) is 0 Å². The van der Waals surface area contributed by atoms with E-state index in [1.54, 1.807) is 62.4 Å². The minimum atomic E-state index is -0.831. The maximum Gasteiger partial charge on any atom is 0.280 e. The number of carbonyl (C=O) groups is 2. The number of rotatable bonds is 7. The highest BCUT2D eigenvalue weighted by molar-refractivity contribution is 6.34. The summed E-state index contributed by atoms with van der Waals surface area (Å²) < 4.78 is 0. The van der Waals surface area contributed by atoms with Crippen molar-refractivity contribution in [3.8, 4) is 11.1 Å². The molecule has 0 saturated heterocycles. The number of hydrogen-bond donors (Lipinski definition) is 0. The van der Waals surface area contributed by atoms with Gasteiger partial charge in [0.05, 0.1) is 32.8 Å². The molecule has 0 radical (unpaired) electrons. The summed E-state index contributed by atoms with van der Waals surface area (Å²) in [5.74, 6) is -0.573.